The van der Waals surface area contributed by atoms with Gasteiger partial charge in [-0.25, -0.2) is 0 Å². The van der Waals surface area contributed by atoms with E-state index in [2.05, 4.69) is 10.2 Å². The number of hydrogen-bond donors (Lipinski definition) is 2. The Balaban J connectivity index is 0.000000145. The van der Waals surface area contributed by atoms with Gasteiger partial charge in [-0.1, -0.05) is 18.2 Å². The van der Waals surface area contributed by atoms with Crippen LogP contribution < -0.4 is 5.73 Å². The molecule has 0 aliphatic heterocycles. The van der Waals surface area contributed by atoms with Crippen LogP contribution in [0.5, 0.6) is 0 Å². The smallest absolute Gasteiger partial charge is 0.0487 e. The maximum Gasteiger partial charge on any atom is 0.0487 e. The number of nitrogens with zero attached hydrogens (tertiary/aromatic N) is 1. The summed E-state index contributed by atoms with van der Waals surface area (Å²) in [6.45, 7) is 2.00. The van der Waals surface area contributed by atoms with Gasteiger partial charge in [-0.05, 0) is 24.6 Å². The predicted octanol–water partition coefficient (Wildman–Crippen LogP) is 1.99. The Hall–Kier alpha value is -1.77. The zero-order valence-electron chi connectivity index (χ0n) is 7.57. The number of aromatic amines is 1. The first-order chi connectivity index (χ1) is 6.30. The van der Waals surface area contributed by atoms with Gasteiger partial charge >= 0.3 is 0 Å². The number of nitrogens with one attached hydrogen (secondary N) is 1. The van der Waals surface area contributed by atoms with Crippen molar-refractivity contribution in [3.63, 3.8) is 0 Å². The summed E-state index contributed by atoms with van der Waals surface area (Å²) in [5, 5.41) is 6.21. The van der Waals surface area contributed by atoms with Crippen LogP contribution in [0.3, 0.4) is 0 Å². The number of para-hydroxylation sites is 1. The van der Waals surface area contributed by atoms with Gasteiger partial charge in [-0.2, -0.15) is 5.10 Å². The molecule has 2 rings (SSSR count). The van der Waals surface area contributed by atoms with Gasteiger partial charge in [0, 0.05) is 18.1 Å². The van der Waals surface area contributed by atoms with Crippen LogP contribution in [0.2, 0.25) is 0 Å². The average Bonchev–Trinajstić information content (AvgIpc) is 2.68. The van der Waals surface area contributed by atoms with Crippen molar-refractivity contribution < 1.29 is 0 Å². The fourth-order valence-electron chi connectivity index (χ4n) is 0.802. The van der Waals surface area contributed by atoms with E-state index in [1.165, 1.54) is 0 Å². The lowest BCUT2D eigenvalue weighted by Crippen LogP contribution is -1.85. The first-order valence-corrected chi connectivity index (χ1v) is 4.05. The number of rotatable bonds is 0. The third-order valence-electron chi connectivity index (χ3n) is 1.59. The summed E-state index contributed by atoms with van der Waals surface area (Å²) < 4.78 is 0. The third kappa shape index (κ3) is 3.42. The standard InChI is InChI=1S/C7H9N.C3H4N2/c1-6-4-2-3-5-7(6)8;1-2-4-5-3-1/h2-5H,8H2,1H3;1-3H,(H,4,5). The minimum absolute atomic E-state index is 0.868. The van der Waals surface area contributed by atoms with Gasteiger partial charge in [-0.3, -0.25) is 5.10 Å². The van der Waals surface area contributed by atoms with E-state index < -0.39 is 0 Å². The molecule has 68 valence electrons. The molecule has 0 fully saturated rings. The van der Waals surface area contributed by atoms with E-state index in [4.69, 9.17) is 5.73 Å². The number of nitrogen functional groups attached to an aromatic ring is 1. The van der Waals surface area contributed by atoms with E-state index in [-0.39, 0.29) is 0 Å². The molecule has 0 saturated heterocycles. The summed E-state index contributed by atoms with van der Waals surface area (Å²) in [6.07, 6.45) is 3.46. The van der Waals surface area contributed by atoms with Crippen LogP contribution in [0.1, 0.15) is 5.56 Å². The highest BCUT2D eigenvalue weighted by Crippen LogP contribution is 2.06. The average molecular weight is 175 g/mol. The summed E-state index contributed by atoms with van der Waals surface area (Å²) in [6, 6.07) is 9.64. The van der Waals surface area contributed by atoms with Crippen molar-refractivity contribution in [2.75, 3.05) is 5.73 Å². The normalized spacial score (nSPS) is 8.69. The molecule has 3 nitrogen and oxygen atoms in total. The fraction of sp³-hybridized carbons (Fsp3) is 0.100. The molecule has 2 aromatic rings. The molecule has 0 bridgehead atoms. The Morgan fingerprint density at radius 2 is 2.00 bits per heavy atom. The SMILES string of the molecule is Cc1ccccc1N.c1cn[nH]c1. The maximum absolute atomic E-state index is 5.52. The highest BCUT2D eigenvalue weighted by Gasteiger charge is 1.84. The van der Waals surface area contributed by atoms with Gasteiger partial charge in [0.2, 0.25) is 0 Å². The lowest BCUT2D eigenvalue weighted by molar-refractivity contribution is 1.09. The number of anilines is 1. The first-order valence-electron chi connectivity index (χ1n) is 4.05. The molecule has 1 heterocycles. The van der Waals surface area contributed by atoms with Gasteiger partial charge in [0.05, 0.1) is 0 Å². The number of aryl methyl sites for hydroxylation is 1. The molecule has 0 radical (unpaired) electrons. The molecule has 0 unspecified atom stereocenters. The quantitative estimate of drug-likeness (QED) is 0.601. The van der Waals surface area contributed by atoms with Crippen molar-refractivity contribution in [3.05, 3.63) is 48.3 Å². The monoisotopic (exact) mass is 175 g/mol. The Bertz CT molecular complexity index is 289. The van der Waals surface area contributed by atoms with Gasteiger partial charge in [0.25, 0.3) is 0 Å². The predicted molar refractivity (Wildman–Crippen MR) is 54.2 cm³/mol. The molecule has 0 saturated carbocycles. The molecule has 1 aromatic heterocycles. The molecule has 3 heteroatoms. The van der Waals surface area contributed by atoms with Crippen LogP contribution in [0.15, 0.2) is 42.7 Å². The number of aromatic nitrogens is 2. The van der Waals surface area contributed by atoms with Crippen LogP contribution in [0.4, 0.5) is 5.69 Å². The topological polar surface area (TPSA) is 54.7 Å². The van der Waals surface area contributed by atoms with E-state index in [0.717, 1.165) is 11.3 Å². The highest BCUT2D eigenvalue weighted by atomic mass is 15.1. The zero-order chi connectivity index (χ0) is 9.52. The Kier molecular flexibility index (Phi) is 3.57. The van der Waals surface area contributed by atoms with Crippen LogP contribution in [-0.2, 0) is 0 Å². The first kappa shape index (κ1) is 9.32. The number of hydrogen-bond acceptors (Lipinski definition) is 2. The van der Waals surface area contributed by atoms with E-state index in [1.807, 2.05) is 37.3 Å². The molecule has 0 aliphatic carbocycles. The second kappa shape index (κ2) is 4.98. The van der Waals surface area contributed by atoms with Crippen molar-refractivity contribution >= 4 is 5.69 Å². The number of benzene rings is 1. The molecule has 1 aromatic carbocycles. The van der Waals surface area contributed by atoms with Crippen molar-refractivity contribution in [2.24, 2.45) is 0 Å². The molecule has 0 spiro atoms. The second-order valence-corrected chi connectivity index (χ2v) is 2.62. The van der Waals surface area contributed by atoms with E-state index in [0.29, 0.717) is 0 Å². The molecule has 0 aliphatic rings. The van der Waals surface area contributed by atoms with Crippen LogP contribution >= 0.6 is 0 Å². The van der Waals surface area contributed by atoms with Crippen molar-refractivity contribution in [1.29, 1.82) is 0 Å². The van der Waals surface area contributed by atoms with Gasteiger partial charge in [0.15, 0.2) is 0 Å². The number of H-pyrrole nitrogens is 1. The van der Waals surface area contributed by atoms with Crippen LogP contribution in [0.25, 0.3) is 0 Å². The van der Waals surface area contributed by atoms with Gasteiger partial charge in [0.1, 0.15) is 0 Å². The summed E-state index contributed by atoms with van der Waals surface area (Å²) >= 11 is 0. The Morgan fingerprint density at radius 1 is 1.23 bits per heavy atom. The van der Waals surface area contributed by atoms with Crippen molar-refractivity contribution in [3.8, 4) is 0 Å². The fourth-order valence-corrected chi connectivity index (χ4v) is 0.802. The van der Waals surface area contributed by atoms with E-state index >= 15 is 0 Å². The molecule has 3 N–H and O–H groups in total. The van der Waals surface area contributed by atoms with Crippen LogP contribution in [-0.4, -0.2) is 10.2 Å². The lowest BCUT2D eigenvalue weighted by Gasteiger charge is -1.93. The van der Waals surface area contributed by atoms with E-state index in [9.17, 15) is 0 Å². The molecule has 0 atom stereocenters. The zero-order valence-corrected chi connectivity index (χ0v) is 7.57. The van der Waals surface area contributed by atoms with Crippen molar-refractivity contribution in [2.45, 2.75) is 6.92 Å². The Morgan fingerprint density at radius 3 is 2.31 bits per heavy atom. The summed E-state index contributed by atoms with van der Waals surface area (Å²) in [5.41, 5.74) is 7.53. The summed E-state index contributed by atoms with van der Waals surface area (Å²) in [4.78, 5) is 0. The lowest BCUT2D eigenvalue weighted by atomic mass is 10.2. The van der Waals surface area contributed by atoms with Crippen LogP contribution in [0, 0.1) is 6.92 Å². The molecule has 13 heavy (non-hydrogen) atoms. The minimum Gasteiger partial charge on any atom is -0.399 e. The summed E-state index contributed by atoms with van der Waals surface area (Å²) in [5.74, 6) is 0. The van der Waals surface area contributed by atoms with Crippen molar-refractivity contribution in [1.82, 2.24) is 10.2 Å². The Labute approximate surface area is 77.6 Å². The minimum atomic E-state index is 0.868. The largest absolute Gasteiger partial charge is 0.399 e. The highest BCUT2D eigenvalue weighted by molar-refractivity contribution is 5.44. The molecule has 0 amide bonds. The second-order valence-electron chi connectivity index (χ2n) is 2.62. The maximum atomic E-state index is 5.52. The number of nitrogens with two attached hydrogens (primary N) is 1. The van der Waals surface area contributed by atoms with Gasteiger partial charge in [-0.15, -0.1) is 0 Å². The van der Waals surface area contributed by atoms with E-state index in [1.54, 1.807) is 12.4 Å². The molecular weight excluding hydrogens is 162 g/mol. The third-order valence-corrected chi connectivity index (χ3v) is 1.59. The van der Waals surface area contributed by atoms with Gasteiger partial charge < -0.3 is 5.73 Å². The summed E-state index contributed by atoms with van der Waals surface area (Å²) in [7, 11) is 0. The molecular formula is C10H13N3.